The van der Waals surface area contributed by atoms with Crippen LogP contribution in [0.3, 0.4) is 0 Å². The molecule has 2 heterocycles. The molecule has 1 atom stereocenters. The van der Waals surface area contributed by atoms with Crippen LogP contribution in [0.4, 0.5) is 5.13 Å². The van der Waals surface area contributed by atoms with Crippen molar-refractivity contribution in [3.63, 3.8) is 0 Å². The first-order valence-corrected chi connectivity index (χ1v) is 16.0. The van der Waals surface area contributed by atoms with E-state index in [0.29, 0.717) is 36.8 Å². The molecule has 40 heavy (non-hydrogen) atoms. The van der Waals surface area contributed by atoms with Gasteiger partial charge < -0.3 is 14.5 Å². The van der Waals surface area contributed by atoms with Crippen molar-refractivity contribution in [2.75, 3.05) is 44.4 Å². The zero-order valence-electron chi connectivity index (χ0n) is 23.0. The SMILES string of the molecule is COCCCS(=O)(=O)c1ccc(C(=NOC2CCCC2)C(=O)Nc2ncc(CN3CCN(C=O)[C@@H](C)C3)s2)cc1. The Morgan fingerprint density at radius 3 is 2.65 bits per heavy atom. The first kappa shape index (κ1) is 30.1. The van der Waals surface area contributed by atoms with Crippen molar-refractivity contribution in [1.82, 2.24) is 14.8 Å². The molecular formula is C27H37N5O6S2. The fourth-order valence-electron chi connectivity index (χ4n) is 4.84. The average Bonchev–Trinajstić information content (AvgIpc) is 3.62. The Bertz CT molecular complexity index is 1270. The Hall–Kier alpha value is -2.87. The van der Waals surface area contributed by atoms with Crippen molar-refractivity contribution < 1.29 is 27.6 Å². The Morgan fingerprint density at radius 1 is 1.23 bits per heavy atom. The van der Waals surface area contributed by atoms with Gasteiger partial charge in [-0.2, -0.15) is 0 Å². The highest BCUT2D eigenvalue weighted by atomic mass is 32.2. The number of hydrogen-bond donors (Lipinski definition) is 1. The lowest BCUT2D eigenvalue weighted by Crippen LogP contribution is -2.50. The average molecular weight is 592 g/mol. The molecule has 13 heteroatoms. The smallest absolute Gasteiger partial charge is 0.280 e. The van der Waals surface area contributed by atoms with Gasteiger partial charge in [0, 0.05) is 62.6 Å². The van der Waals surface area contributed by atoms with Gasteiger partial charge >= 0.3 is 0 Å². The number of methoxy groups -OCH3 is 1. The molecule has 4 rings (SSSR count). The lowest BCUT2D eigenvalue weighted by Gasteiger charge is -2.37. The number of rotatable bonds is 13. The highest BCUT2D eigenvalue weighted by Gasteiger charge is 2.24. The number of carbonyl (C=O) groups excluding carboxylic acids is 2. The summed E-state index contributed by atoms with van der Waals surface area (Å²) in [6.07, 6.45) is 6.87. The second-order valence-electron chi connectivity index (χ2n) is 10.2. The van der Waals surface area contributed by atoms with E-state index >= 15 is 0 Å². The lowest BCUT2D eigenvalue weighted by atomic mass is 10.1. The molecule has 1 aromatic heterocycles. The molecule has 11 nitrogen and oxygen atoms in total. The molecule has 218 valence electrons. The summed E-state index contributed by atoms with van der Waals surface area (Å²) in [4.78, 5) is 39.8. The monoisotopic (exact) mass is 591 g/mol. The van der Waals surface area contributed by atoms with Crippen LogP contribution in [-0.2, 0) is 35.5 Å². The summed E-state index contributed by atoms with van der Waals surface area (Å²) in [6.45, 7) is 5.29. The fraction of sp³-hybridized carbons (Fsp3) is 0.556. The quantitative estimate of drug-likeness (QED) is 0.163. The van der Waals surface area contributed by atoms with Gasteiger partial charge in [-0.05, 0) is 51.2 Å². The van der Waals surface area contributed by atoms with Crippen LogP contribution in [0.25, 0.3) is 0 Å². The number of anilines is 1. The van der Waals surface area contributed by atoms with Gasteiger partial charge in [0.2, 0.25) is 6.41 Å². The first-order chi connectivity index (χ1) is 19.3. The number of thiazole rings is 1. The Labute approximate surface area is 239 Å². The summed E-state index contributed by atoms with van der Waals surface area (Å²) in [5, 5.41) is 7.49. The largest absolute Gasteiger partial charge is 0.392 e. The summed E-state index contributed by atoms with van der Waals surface area (Å²) >= 11 is 1.38. The van der Waals surface area contributed by atoms with Gasteiger partial charge in [0.1, 0.15) is 6.10 Å². The van der Waals surface area contributed by atoms with E-state index in [0.717, 1.165) is 50.1 Å². The van der Waals surface area contributed by atoms with Crippen molar-refractivity contribution in [2.45, 2.75) is 62.6 Å². The van der Waals surface area contributed by atoms with Crippen molar-refractivity contribution in [2.24, 2.45) is 5.16 Å². The minimum Gasteiger partial charge on any atom is -0.392 e. The lowest BCUT2D eigenvalue weighted by molar-refractivity contribution is -0.122. The first-order valence-electron chi connectivity index (χ1n) is 13.5. The van der Waals surface area contributed by atoms with Crippen LogP contribution in [0.15, 0.2) is 40.5 Å². The van der Waals surface area contributed by atoms with Gasteiger partial charge in [-0.15, -0.1) is 11.3 Å². The Balaban J connectivity index is 1.45. The number of piperazine rings is 1. The number of carbonyl (C=O) groups is 2. The van der Waals surface area contributed by atoms with E-state index in [1.165, 1.54) is 30.6 Å². The molecule has 1 saturated heterocycles. The van der Waals surface area contributed by atoms with E-state index in [2.05, 4.69) is 20.4 Å². The second-order valence-corrected chi connectivity index (χ2v) is 13.4. The Morgan fingerprint density at radius 2 is 1.98 bits per heavy atom. The third-order valence-electron chi connectivity index (χ3n) is 7.11. The zero-order valence-corrected chi connectivity index (χ0v) is 24.6. The number of ether oxygens (including phenoxy) is 1. The van der Waals surface area contributed by atoms with Crippen LogP contribution in [0, 0.1) is 0 Å². The third-order valence-corrected chi connectivity index (χ3v) is 9.82. The van der Waals surface area contributed by atoms with E-state index in [9.17, 15) is 18.0 Å². The maximum atomic E-state index is 13.3. The number of sulfone groups is 1. The molecule has 1 N–H and O–H groups in total. The zero-order chi connectivity index (χ0) is 28.5. The van der Waals surface area contributed by atoms with Crippen molar-refractivity contribution in [3.8, 4) is 0 Å². The number of nitrogens with one attached hydrogen (secondary N) is 1. The van der Waals surface area contributed by atoms with Crippen LogP contribution >= 0.6 is 11.3 Å². The summed E-state index contributed by atoms with van der Waals surface area (Å²) in [7, 11) is -1.94. The highest BCUT2D eigenvalue weighted by molar-refractivity contribution is 7.91. The van der Waals surface area contributed by atoms with E-state index in [-0.39, 0.29) is 28.5 Å². The van der Waals surface area contributed by atoms with E-state index in [4.69, 9.17) is 9.57 Å². The molecule has 0 unspecified atom stereocenters. The molecule has 0 radical (unpaired) electrons. The van der Waals surface area contributed by atoms with Gasteiger partial charge in [0.15, 0.2) is 20.7 Å². The van der Waals surface area contributed by atoms with Crippen LogP contribution in [0.2, 0.25) is 0 Å². The maximum Gasteiger partial charge on any atom is 0.280 e. The Kier molecular flexibility index (Phi) is 10.6. The predicted molar refractivity (Wildman–Crippen MR) is 153 cm³/mol. The topological polar surface area (TPSA) is 130 Å². The summed E-state index contributed by atoms with van der Waals surface area (Å²) < 4.78 is 30.2. The molecule has 1 aliphatic heterocycles. The van der Waals surface area contributed by atoms with Crippen LogP contribution in [-0.4, -0.2) is 92.5 Å². The van der Waals surface area contributed by atoms with E-state index < -0.39 is 15.7 Å². The van der Waals surface area contributed by atoms with Gasteiger partial charge in [-0.3, -0.25) is 19.8 Å². The van der Waals surface area contributed by atoms with Crippen LogP contribution in [0.5, 0.6) is 0 Å². The molecule has 2 aromatic rings. The molecule has 1 saturated carbocycles. The standard InChI is InChI=1S/C27H37N5O6S2/c1-20-17-31(12-13-32(20)19-33)18-23-16-28-27(39-23)29-26(34)25(30-38-22-6-3-4-7-22)21-8-10-24(11-9-21)40(35,36)15-5-14-37-2/h8-11,16,19-20,22H,3-7,12-15,17-18H2,1-2H3,(H,28,29,34)/t20-/m0/s1. The summed E-state index contributed by atoms with van der Waals surface area (Å²) in [5.74, 6) is -0.507. The number of nitrogens with zero attached hydrogens (tertiary/aromatic N) is 4. The van der Waals surface area contributed by atoms with Crippen LogP contribution in [0.1, 0.15) is 49.5 Å². The van der Waals surface area contributed by atoms with Gasteiger partial charge in [-0.25, -0.2) is 13.4 Å². The molecule has 1 aliphatic carbocycles. The van der Waals surface area contributed by atoms with Gasteiger partial charge in [0.25, 0.3) is 5.91 Å². The predicted octanol–water partition coefficient (Wildman–Crippen LogP) is 2.92. The summed E-state index contributed by atoms with van der Waals surface area (Å²) in [5.41, 5.74) is 0.510. The van der Waals surface area contributed by atoms with E-state index in [1.54, 1.807) is 23.2 Å². The van der Waals surface area contributed by atoms with E-state index in [1.807, 2.05) is 6.92 Å². The number of benzene rings is 1. The van der Waals surface area contributed by atoms with Crippen molar-refractivity contribution >= 4 is 44.3 Å². The fourth-order valence-corrected chi connectivity index (χ4v) is 6.97. The summed E-state index contributed by atoms with van der Waals surface area (Å²) in [6, 6.07) is 6.27. The normalized spacial score (nSPS) is 19.1. The molecular weight excluding hydrogens is 554 g/mol. The highest BCUT2D eigenvalue weighted by Crippen LogP contribution is 2.24. The number of amides is 2. The van der Waals surface area contributed by atoms with Gasteiger partial charge in [0.05, 0.1) is 10.6 Å². The van der Waals surface area contributed by atoms with Crippen molar-refractivity contribution in [3.05, 3.63) is 40.9 Å². The second kappa shape index (κ2) is 14.2. The van der Waals surface area contributed by atoms with Crippen LogP contribution < -0.4 is 5.32 Å². The number of oxime groups is 1. The molecule has 2 aliphatic rings. The van der Waals surface area contributed by atoms with Gasteiger partial charge in [-0.1, -0.05) is 17.3 Å². The minimum absolute atomic E-state index is 0.0233. The van der Waals surface area contributed by atoms with Crippen molar-refractivity contribution in [1.29, 1.82) is 0 Å². The number of hydrogen-bond acceptors (Lipinski definition) is 10. The molecule has 2 amide bonds. The molecule has 1 aromatic carbocycles. The molecule has 0 spiro atoms. The maximum absolute atomic E-state index is 13.3. The molecule has 2 fully saturated rings. The number of aromatic nitrogens is 1. The molecule has 0 bridgehead atoms. The third kappa shape index (κ3) is 8.09. The minimum atomic E-state index is -3.47.